The maximum atomic E-state index is 12.2. The summed E-state index contributed by atoms with van der Waals surface area (Å²) >= 11 is 0. The second kappa shape index (κ2) is 10.8. The van der Waals surface area contributed by atoms with E-state index in [2.05, 4.69) is 18.7 Å². The van der Waals surface area contributed by atoms with Crippen LogP contribution < -0.4 is 4.90 Å². The number of esters is 1. The lowest BCUT2D eigenvalue weighted by molar-refractivity contribution is -0.143. The van der Waals surface area contributed by atoms with Crippen LogP contribution in [-0.4, -0.2) is 31.4 Å². The number of rotatable bonds is 11. The summed E-state index contributed by atoms with van der Waals surface area (Å²) in [5, 5.41) is 0. The van der Waals surface area contributed by atoms with Crippen LogP contribution in [0.2, 0.25) is 0 Å². The molecule has 0 N–H and O–H groups in total. The Morgan fingerprint density at radius 2 is 1.52 bits per heavy atom. The van der Waals surface area contributed by atoms with Crippen LogP contribution in [0.1, 0.15) is 63.2 Å². The Hall–Kier alpha value is -1.84. The Balaban J connectivity index is 2.33. The number of nitrogens with zero attached hydrogens (tertiary/aromatic N) is 1. The molecule has 0 aliphatic heterocycles. The van der Waals surface area contributed by atoms with E-state index in [1.165, 1.54) is 0 Å². The average molecular weight is 319 g/mol. The Morgan fingerprint density at radius 3 is 2.09 bits per heavy atom. The molecule has 0 aromatic heterocycles. The van der Waals surface area contributed by atoms with Crippen molar-refractivity contribution < 1.29 is 14.3 Å². The number of benzene rings is 1. The lowest BCUT2D eigenvalue weighted by Gasteiger charge is -2.21. The number of carbonyl (C=O) groups is 2. The Kier molecular flexibility index (Phi) is 9.03. The standard InChI is InChI=1S/C19H29NO3/c1-4-20(5-2)17-14-12-16(13-15-17)18(21)10-8-7-9-11-19(22)23-6-3/h12-15H,4-11H2,1-3H3. The Bertz CT molecular complexity index is 478. The number of hydrogen-bond donors (Lipinski definition) is 0. The third-order valence-electron chi connectivity index (χ3n) is 3.91. The van der Waals surface area contributed by atoms with Gasteiger partial charge >= 0.3 is 5.97 Å². The van der Waals surface area contributed by atoms with E-state index in [1.807, 2.05) is 31.2 Å². The molecule has 0 spiro atoms. The van der Waals surface area contributed by atoms with E-state index in [-0.39, 0.29) is 11.8 Å². The fourth-order valence-electron chi connectivity index (χ4n) is 2.56. The lowest BCUT2D eigenvalue weighted by atomic mass is 10.0. The monoisotopic (exact) mass is 319 g/mol. The topological polar surface area (TPSA) is 46.6 Å². The predicted octanol–water partition coefficient (Wildman–Crippen LogP) is 4.23. The molecule has 1 rings (SSSR count). The molecule has 4 heteroatoms. The van der Waals surface area contributed by atoms with E-state index in [9.17, 15) is 9.59 Å². The maximum absolute atomic E-state index is 12.2. The highest BCUT2D eigenvalue weighted by Gasteiger charge is 2.08. The van der Waals surface area contributed by atoms with E-state index < -0.39 is 0 Å². The van der Waals surface area contributed by atoms with Crippen LogP contribution in [-0.2, 0) is 9.53 Å². The van der Waals surface area contributed by atoms with Gasteiger partial charge in [-0.2, -0.15) is 0 Å². The van der Waals surface area contributed by atoms with Gasteiger partial charge in [0.15, 0.2) is 5.78 Å². The molecule has 0 unspecified atom stereocenters. The van der Waals surface area contributed by atoms with Crippen LogP contribution in [0.15, 0.2) is 24.3 Å². The smallest absolute Gasteiger partial charge is 0.305 e. The van der Waals surface area contributed by atoms with Crippen molar-refractivity contribution in [2.75, 3.05) is 24.6 Å². The molecule has 0 atom stereocenters. The molecule has 0 fully saturated rings. The summed E-state index contributed by atoms with van der Waals surface area (Å²) in [6.07, 6.45) is 3.46. The summed E-state index contributed by atoms with van der Waals surface area (Å²) < 4.78 is 4.88. The number of hydrogen-bond acceptors (Lipinski definition) is 4. The zero-order valence-corrected chi connectivity index (χ0v) is 14.6. The summed E-state index contributed by atoms with van der Waals surface area (Å²) in [6.45, 7) is 8.41. The molecule has 0 heterocycles. The van der Waals surface area contributed by atoms with Crippen molar-refractivity contribution in [1.82, 2.24) is 0 Å². The second-order valence-electron chi connectivity index (χ2n) is 5.51. The average Bonchev–Trinajstić information content (AvgIpc) is 2.56. The van der Waals surface area contributed by atoms with Gasteiger partial charge in [0.05, 0.1) is 6.61 Å². The van der Waals surface area contributed by atoms with Crippen molar-refractivity contribution in [2.24, 2.45) is 0 Å². The summed E-state index contributed by atoms with van der Waals surface area (Å²) in [5.74, 6) is 0.0260. The number of carbonyl (C=O) groups excluding carboxylic acids is 2. The largest absolute Gasteiger partial charge is 0.466 e. The van der Waals surface area contributed by atoms with Gasteiger partial charge in [-0.1, -0.05) is 6.42 Å². The van der Waals surface area contributed by atoms with Gasteiger partial charge in [0.2, 0.25) is 0 Å². The van der Waals surface area contributed by atoms with E-state index >= 15 is 0 Å². The van der Waals surface area contributed by atoms with Gasteiger partial charge in [-0.15, -0.1) is 0 Å². The highest BCUT2D eigenvalue weighted by atomic mass is 16.5. The summed E-state index contributed by atoms with van der Waals surface area (Å²) in [6, 6.07) is 7.85. The Labute approximate surface area is 139 Å². The van der Waals surface area contributed by atoms with Crippen molar-refractivity contribution in [2.45, 2.75) is 52.9 Å². The lowest BCUT2D eigenvalue weighted by Crippen LogP contribution is -2.21. The zero-order chi connectivity index (χ0) is 17.1. The van der Waals surface area contributed by atoms with Gasteiger partial charge in [0, 0.05) is 37.2 Å². The third kappa shape index (κ3) is 6.85. The van der Waals surface area contributed by atoms with Crippen LogP contribution >= 0.6 is 0 Å². The molecule has 0 saturated carbocycles. The summed E-state index contributed by atoms with van der Waals surface area (Å²) in [7, 11) is 0. The quantitative estimate of drug-likeness (QED) is 0.348. The minimum absolute atomic E-state index is 0.147. The second-order valence-corrected chi connectivity index (χ2v) is 5.51. The molecule has 0 bridgehead atoms. The number of anilines is 1. The fraction of sp³-hybridized carbons (Fsp3) is 0.579. The van der Waals surface area contributed by atoms with Crippen LogP contribution in [0.25, 0.3) is 0 Å². The van der Waals surface area contributed by atoms with Gasteiger partial charge < -0.3 is 9.64 Å². The molecule has 128 valence electrons. The van der Waals surface area contributed by atoms with E-state index in [0.717, 1.165) is 43.6 Å². The van der Waals surface area contributed by atoms with Crippen molar-refractivity contribution in [3.05, 3.63) is 29.8 Å². The first kappa shape index (κ1) is 19.2. The minimum atomic E-state index is -0.147. The van der Waals surface area contributed by atoms with Crippen molar-refractivity contribution in [3.8, 4) is 0 Å². The predicted molar refractivity (Wildman–Crippen MR) is 94.1 cm³/mol. The fourth-order valence-corrected chi connectivity index (χ4v) is 2.56. The summed E-state index contributed by atoms with van der Waals surface area (Å²) in [5.41, 5.74) is 1.92. The molecule has 23 heavy (non-hydrogen) atoms. The molecular weight excluding hydrogens is 290 g/mol. The number of ether oxygens (including phenoxy) is 1. The van der Waals surface area contributed by atoms with Crippen molar-refractivity contribution in [1.29, 1.82) is 0 Å². The SMILES string of the molecule is CCOC(=O)CCCCCC(=O)c1ccc(N(CC)CC)cc1. The minimum Gasteiger partial charge on any atom is -0.466 e. The first-order valence-electron chi connectivity index (χ1n) is 8.66. The van der Waals surface area contributed by atoms with Gasteiger partial charge in [0.25, 0.3) is 0 Å². The third-order valence-corrected chi connectivity index (χ3v) is 3.91. The Morgan fingerprint density at radius 1 is 0.913 bits per heavy atom. The molecular formula is C19H29NO3. The first-order chi connectivity index (χ1) is 11.1. The number of unbranched alkanes of at least 4 members (excludes halogenated alkanes) is 2. The number of ketones is 1. The zero-order valence-electron chi connectivity index (χ0n) is 14.6. The number of Topliss-reactive ketones (excluding diaryl/α,β-unsaturated/α-hetero) is 1. The molecule has 0 aliphatic rings. The van der Waals surface area contributed by atoms with Crippen LogP contribution in [0.3, 0.4) is 0 Å². The van der Waals surface area contributed by atoms with Gasteiger partial charge in [-0.05, 0) is 57.9 Å². The van der Waals surface area contributed by atoms with Crippen LogP contribution in [0.4, 0.5) is 5.69 Å². The van der Waals surface area contributed by atoms with Crippen molar-refractivity contribution in [3.63, 3.8) is 0 Å². The van der Waals surface area contributed by atoms with E-state index in [1.54, 1.807) is 0 Å². The molecule has 1 aromatic rings. The molecule has 0 aliphatic carbocycles. The maximum Gasteiger partial charge on any atom is 0.305 e. The molecule has 0 radical (unpaired) electrons. The van der Waals surface area contributed by atoms with Gasteiger partial charge in [-0.3, -0.25) is 9.59 Å². The van der Waals surface area contributed by atoms with E-state index in [0.29, 0.717) is 19.4 Å². The molecule has 1 aromatic carbocycles. The highest BCUT2D eigenvalue weighted by molar-refractivity contribution is 5.96. The molecule has 0 saturated heterocycles. The first-order valence-corrected chi connectivity index (χ1v) is 8.66. The van der Waals surface area contributed by atoms with E-state index in [4.69, 9.17) is 4.74 Å². The molecule has 0 amide bonds. The molecule has 4 nitrogen and oxygen atoms in total. The normalized spacial score (nSPS) is 10.4. The summed E-state index contributed by atoms with van der Waals surface area (Å²) in [4.78, 5) is 25.6. The van der Waals surface area contributed by atoms with Crippen molar-refractivity contribution >= 4 is 17.4 Å². The van der Waals surface area contributed by atoms with Gasteiger partial charge in [-0.25, -0.2) is 0 Å². The van der Waals surface area contributed by atoms with Gasteiger partial charge in [0.1, 0.15) is 0 Å². The van der Waals surface area contributed by atoms with Crippen LogP contribution in [0.5, 0.6) is 0 Å². The highest BCUT2D eigenvalue weighted by Crippen LogP contribution is 2.17. The van der Waals surface area contributed by atoms with Crippen LogP contribution in [0, 0.1) is 0 Å².